The van der Waals surface area contributed by atoms with Crippen molar-refractivity contribution in [2.24, 2.45) is 16.7 Å². The number of hydrogen-bond donors (Lipinski definition) is 3. The van der Waals surface area contributed by atoms with Gasteiger partial charge in [-0.05, 0) is 36.8 Å². The summed E-state index contributed by atoms with van der Waals surface area (Å²) >= 11 is 1.57. The fourth-order valence-corrected chi connectivity index (χ4v) is 3.37. The van der Waals surface area contributed by atoms with Gasteiger partial charge in [-0.1, -0.05) is 0 Å². The Hall–Kier alpha value is -3.44. The summed E-state index contributed by atoms with van der Waals surface area (Å²) in [4.78, 5) is 9.52. The third-order valence-electron chi connectivity index (χ3n) is 4.15. The number of hydrogen-bond acceptors (Lipinski definition) is 8. The van der Waals surface area contributed by atoms with Gasteiger partial charge >= 0.3 is 0 Å². The minimum absolute atomic E-state index is 0.130. The van der Waals surface area contributed by atoms with Gasteiger partial charge in [0.2, 0.25) is 0 Å². The van der Waals surface area contributed by atoms with Crippen molar-refractivity contribution in [1.29, 1.82) is 0 Å². The molecule has 2 aromatic heterocycles. The number of pyridine rings is 2. The Labute approximate surface area is 188 Å². The van der Waals surface area contributed by atoms with Crippen LogP contribution in [-0.4, -0.2) is 35.3 Å². The minimum atomic E-state index is -1.01. The summed E-state index contributed by atoms with van der Waals surface area (Å²) in [5.74, 6) is 5.44. The topological polar surface area (TPSA) is 121 Å². The second kappa shape index (κ2) is 11.3. The van der Waals surface area contributed by atoms with Gasteiger partial charge in [-0.15, -0.1) is 11.8 Å². The largest absolute Gasteiger partial charge is 0.453 e. The molecule has 0 bridgehead atoms. The second-order valence-electron chi connectivity index (χ2n) is 6.46. The van der Waals surface area contributed by atoms with Gasteiger partial charge in [-0.2, -0.15) is 5.10 Å². The maximum atomic E-state index is 13.6. The molecule has 2 heterocycles. The zero-order chi connectivity index (χ0) is 22.9. The van der Waals surface area contributed by atoms with E-state index in [1.807, 2.05) is 0 Å². The first kappa shape index (κ1) is 23.2. The van der Waals surface area contributed by atoms with Gasteiger partial charge in [-0.3, -0.25) is 0 Å². The number of anilines is 2. The molecule has 8 nitrogen and oxygen atoms in total. The highest BCUT2D eigenvalue weighted by Gasteiger charge is 2.12. The van der Waals surface area contributed by atoms with E-state index in [0.29, 0.717) is 29.6 Å². The van der Waals surface area contributed by atoms with E-state index in [1.54, 1.807) is 43.3 Å². The Bertz CT molecular complexity index is 1080. The molecular weight excluding hydrogens is 438 g/mol. The molecule has 0 atom stereocenters. The van der Waals surface area contributed by atoms with Crippen LogP contribution in [0.4, 0.5) is 20.4 Å². The van der Waals surface area contributed by atoms with Gasteiger partial charge in [0.05, 0.1) is 0 Å². The van der Waals surface area contributed by atoms with Gasteiger partial charge in [-0.25, -0.2) is 18.7 Å². The standard InChI is InChI=1S/C21H22F2N6O2S/c1-30-7-2-8-32-15-10-18(31-14-4-5-16(22)17(23)9-14)21(27-12-15)28-19-6-3-13(11-26-19)20(24)29-25/h3-6,9-12H,2,7-8,25H2,1H3,(H2,24,29)(H,26,27,28). The third-order valence-corrected chi connectivity index (χ3v) is 5.20. The number of halogens is 2. The average Bonchev–Trinajstić information content (AvgIpc) is 2.80. The first-order valence-corrected chi connectivity index (χ1v) is 10.5. The normalized spacial score (nSPS) is 11.4. The number of amidine groups is 1. The lowest BCUT2D eigenvalue weighted by Gasteiger charge is -2.14. The summed E-state index contributed by atoms with van der Waals surface area (Å²) in [5.41, 5.74) is 6.23. The van der Waals surface area contributed by atoms with Crippen LogP contribution in [0.2, 0.25) is 0 Å². The number of ether oxygens (including phenoxy) is 2. The van der Waals surface area contributed by atoms with Crippen LogP contribution in [0.25, 0.3) is 0 Å². The predicted octanol–water partition coefficient (Wildman–Crippen LogP) is 4.00. The number of benzene rings is 1. The monoisotopic (exact) mass is 460 g/mol. The molecule has 0 spiro atoms. The van der Waals surface area contributed by atoms with Crippen LogP contribution in [-0.2, 0) is 4.74 Å². The molecule has 1 aromatic carbocycles. The van der Waals surface area contributed by atoms with E-state index in [9.17, 15) is 8.78 Å². The molecule has 0 unspecified atom stereocenters. The molecule has 3 rings (SSSR count). The van der Waals surface area contributed by atoms with Gasteiger partial charge in [0.25, 0.3) is 0 Å². The maximum Gasteiger partial charge on any atom is 0.175 e. The molecular formula is C21H22F2N6O2S. The van der Waals surface area contributed by atoms with Crippen molar-refractivity contribution >= 4 is 29.2 Å². The Balaban J connectivity index is 1.85. The first-order chi connectivity index (χ1) is 15.5. The molecule has 3 aromatic rings. The number of methoxy groups -OCH3 is 1. The SMILES string of the molecule is COCCCSc1cnc(Nc2ccc(/C(N)=N/N)cn2)c(Oc2ccc(F)c(F)c2)c1. The fraction of sp³-hybridized carbons (Fsp3) is 0.190. The number of aromatic nitrogens is 2. The summed E-state index contributed by atoms with van der Waals surface area (Å²) in [7, 11) is 1.65. The number of rotatable bonds is 10. The lowest BCUT2D eigenvalue weighted by Crippen LogP contribution is -2.15. The molecule has 0 aliphatic rings. The summed E-state index contributed by atoms with van der Waals surface area (Å²) < 4.78 is 37.8. The molecule has 0 fully saturated rings. The third kappa shape index (κ3) is 6.28. The zero-order valence-corrected chi connectivity index (χ0v) is 18.0. The van der Waals surface area contributed by atoms with Crippen LogP contribution in [0.5, 0.6) is 11.5 Å². The molecule has 0 aliphatic carbocycles. The quantitative estimate of drug-likeness (QED) is 0.104. The molecule has 0 amide bonds. The van der Waals surface area contributed by atoms with E-state index in [0.717, 1.165) is 29.2 Å². The van der Waals surface area contributed by atoms with E-state index >= 15 is 0 Å². The Morgan fingerprint density at radius 1 is 1.12 bits per heavy atom. The van der Waals surface area contributed by atoms with Gasteiger partial charge in [0.15, 0.2) is 29.0 Å². The van der Waals surface area contributed by atoms with E-state index in [1.165, 1.54) is 12.3 Å². The lowest BCUT2D eigenvalue weighted by atomic mass is 10.2. The van der Waals surface area contributed by atoms with Crippen molar-refractivity contribution in [3.8, 4) is 11.5 Å². The number of nitrogens with two attached hydrogens (primary N) is 2. The number of nitrogens with zero attached hydrogens (tertiary/aromatic N) is 3. The average molecular weight is 461 g/mol. The molecule has 168 valence electrons. The van der Waals surface area contributed by atoms with Crippen LogP contribution in [0.3, 0.4) is 0 Å². The highest BCUT2D eigenvalue weighted by atomic mass is 32.2. The molecule has 11 heteroatoms. The number of nitrogens with one attached hydrogen (secondary N) is 1. The number of hydrazone groups is 1. The molecule has 0 aliphatic heterocycles. The molecule has 32 heavy (non-hydrogen) atoms. The highest BCUT2D eigenvalue weighted by molar-refractivity contribution is 7.99. The smallest absolute Gasteiger partial charge is 0.175 e. The van der Waals surface area contributed by atoms with Gasteiger partial charge < -0.3 is 26.4 Å². The second-order valence-corrected chi connectivity index (χ2v) is 7.63. The maximum absolute atomic E-state index is 13.6. The molecule has 0 saturated carbocycles. The van der Waals surface area contributed by atoms with E-state index < -0.39 is 11.6 Å². The Kier molecular flexibility index (Phi) is 8.17. The van der Waals surface area contributed by atoms with Crippen LogP contribution in [0.15, 0.2) is 58.8 Å². The Morgan fingerprint density at radius 2 is 1.97 bits per heavy atom. The van der Waals surface area contributed by atoms with Crippen molar-refractivity contribution in [2.45, 2.75) is 11.3 Å². The fourth-order valence-electron chi connectivity index (χ4n) is 2.55. The zero-order valence-electron chi connectivity index (χ0n) is 17.2. The molecule has 0 radical (unpaired) electrons. The van der Waals surface area contributed by atoms with Crippen LogP contribution in [0, 0.1) is 11.6 Å². The minimum Gasteiger partial charge on any atom is -0.453 e. The van der Waals surface area contributed by atoms with Crippen LogP contribution in [0.1, 0.15) is 12.0 Å². The molecule has 0 saturated heterocycles. The van der Waals surface area contributed by atoms with Gasteiger partial charge in [0, 0.05) is 48.4 Å². The Morgan fingerprint density at radius 3 is 2.66 bits per heavy atom. The van der Waals surface area contributed by atoms with E-state index in [-0.39, 0.29) is 11.6 Å². The lowest BCUT2D eigenvalue weighted by molar-refractivity contribution is 0.200. The summed E-state index contributed by atoms with van der Waals surface area (Å²) in [6, 6.07) is 8.43. The van der Waals surface area contributed by atoms with Crippen LogP contribution < -0.4 is 21.6 Å². The highest BCUT2D eigenvalue weighted by Crippen LogP contribution is 2.34. The van der Waals surface area contributed by atoms with Crippen molar-refractivity contribution in [1.82, 2.24) is 9.97 Å². The van der Waals surface area contributed by atoms with Crippen molar-refractivity contribution < 1.29 is 18.3 Å². The number of thioether (sulfide) groups is 1. The van der Waals surface area contributed by atoms with Gasteiger partial charge in [0.1, 0.15) is 11.6 Å². The summed E-state index contributed by atoms with van der Waals surface area (Å²) in [6.45, 7) is 0.652. The van der Waals surface area contributed by atoms with E-state index in [2.05, 4.69) is 20.4 Å². The summed E-state index contributed by atoms with van der Waals surface area (Å²) in [5, 5.41) is 6.48. The first-order valence-electron chi connectivity index (χ1n) is 9.51. The van der Waals surface area contributed by atoms with Crippen molar-refractivity contribution in [2.75, 3.05) is 24.8 Å². The van der Waals surface area contributed by atoms with E-state index in [4.69, 9.17) is 21.1 Å². The van der Waals surface area contributed by atoms with Crippen molar-refractivity contribution in [3.05, 3.63) is 66.0 Å². The van der Waals surface area contributed by atoms with Crippen molar-refractivity contribution in [3.63, 3.8) is 0 Å². The predicted molar refractivity (Wildman–Crippen MR) is 120 cm³/mol. The summed E-state index contributed by atoms with van der Waals surface area (Å²) in [6.07, 6.45) is 4.06. The van der Waals surface area contributed by atoms with Crippen LogP contribution >= 0.6 is 11.8 Å². The molecule has 5 N–H and O–H groups in total.